The molecule has 0 heterocycles. The molecule has 0 bridgehead atoms. The lowest BCUT2D eigenvalue weighted by Gasteiger charge is -2.16. The van der Waals surface area contributed by atoms with Gasteiger partial charge < -0.3 is 11.1 Å². The summed E-state index contributed by atoms with van der Waals surface area (Å²) in [5.41, 5.74) is 7.59. The van der Waals surface area contributed by atoms with E-state index in [9.17, 15) is 0 Å². The topological polar surface area (TPSA) is 38.0 Å². The first kappa shape index (κ1) is 15.4. The van der Waals surface area contributed by atoms with Crippen molar-refractivity contribution in [1.29, 1.82) is 0 Å². The summed E-state index contributed by atoms with van der Waals surface area (Å²) < 4.78 is 1.01. The van der Waals surface area contributed by atoms with E-state index in [0.717, 1.165) is 15.7 Å². The minimum atomic E-state index is 0.429. The molecule has 1 aromatic carbocycles. The Morgan fingerprint density at radius 1 is 1.44 bits per heavy atom. The lowest BCUT2D eigenvalue weighted by molar-refractivity contribution is 0.615. The van der Waals surface area contributed by atoms with Crippen molar-refractivity contribution in [3.63, 3.8) is 0 Å². The van der Waals surface area contributed by atoms with Gasteiger partial charge in [0.15, 0.2) is 0 Å². The van der Waals surface area contributed by atoms with Crippen LogP contribution in [-0.2, 0) is 0 Å². The third-order valence-electron chi connectivity index (χ3n) is 2.90. The number of rotatable bonds is 7. The lowest BCUT2D eigenvalue weighted by atomic mass is 10.1. The summed E-state index contributed by atoms with van der Waals surface area (Å²) in [6, 6.07) is 6.41. The molecule has 0 radical (unpaired) electrons. The molecule has 0 amide bonds. The average molecular weight is 329 g/mol. The predicted octanol–water partition coefficient (Wildman–Crippen LogP) is 4.46. The number of anilines is 1. The number of benzene rings is 1. The van der Waals surface area contributed by atoms with Gasteiger partial charge in [-0.05, 0) is 47.5 Å². The summed E-state index contributed by atoms with van der Waals surface area (Å²) in [6.07, 6.45) is 5.03. The molecule has 1 aromatic rings. The molecular formula is C14H21BrN2S. The van der Waals surface area contributed by atoms with Gasteiger partial charge in [-0.1, -0.05) is 38.4 Å². The number of nitrogens with one attached hydrogen (secondary N) is 1. The van der Waals surface area contributed by atoms with E-state index in [-0.39, 0.29) is 0 Å². The molecule has 1 rings (SSSR count). The first-order chi connectivity index (χ1) is 8.54. The van der Waals surface area contributed by atoms with Gasteiger partial charge in [-0.25, -0.2) is 0 Å². The van der Waals surface area contributed by atoms with Crippen LogP contribution in [0.5, 0.6) is 0 Å². The van der Waals surface area contributed by atoms with E-state index in [1.807, 2.05) is 18.2 Å². The average Bonchev–Trinajstić information content (AvgIpc) is 2.32. The molecule has 0 aliphatic carbocycles. The van der Waals surface area contributed by atoms with E-state index in [2.05, 4.69) is 35.1 Å². The van der Waals surface area contributed by atoms with Crippen molar-refractivity contribution in [2.24, 2.45) is 5.73 Å². The minimum absolute atomic E-state index is 0.429. The number of halogens is 1. The molecule has 2 nitrogen and oxygen atoms in total. The lowest BCUT2D eigenvalue weighted by Crippen LogP contribution is -2.16. The highest BCUT2D eigenvalue weighted by Crippen LogP contribution is 2.25. The molecule has 0 fully saturated rings. The molecule has 0 saturated heterocycles. The van der Waals surface area contributed by atoms with Gasteiger partial charge in [0.05, 0.1) is 0 Å². The number of thiocarbonyl (C=S) groups is 1. The maximum atomic E-state index is 5.61. The first-order valence-corrected chi connectivity index (χ1v) is 7.60. The highest BCUT2D eigenvalue weighted by molar-refractivity contribution is 9.10. The Labute approximate surface area is 123 Å². The summed E-state index contributed by atoms with van der Waals surface area (Å²) in [4.78, 5) is 0.429. The maximum Gasteiger partial charge on any atom is 0.104 e. The standard InChI is InChI=1S/C14H21BrN2S/c1-3-4-5-6-10(2)17-13-8-7-11(14(16)18)9-12(13)15/h7-10,17H,3-6H2,1-2H3,(H2,16,18). The second-order valence-corrected chi connectivity index (χ2v) is 5.89. The van der Waals surface area contributed by atoms with Gasteiger partial charge in [-0.15, -0.1) is 0 Å². The van der Waals surface area contributed by atoms with Crippen molar-refractivity contribution in [1.82, 2.24) is 0 Å². The van der Waals surface area contributed by atoms with Gasteiger partial charge in [0, 0.05) is 21.8 Å². The molecule has 100 valence electrons. The molecule has 1 atom stereocenters. The van der Waals surface area contributed by atoms with E-state index in [1.165, 1.54) is 25.7 Å². The molecule has 4 heteroatoms. The number of unbranched alkanes of at least 4 members (excludes halogenated alkanes) is 2. The zero-order valence-electron chi connectivity index (χ0n) is 11.0. The summed E-state index contributed by atoms with van der Waals surface area (Å²) >= 11 is 8.51. The Kier molecular flexibility index (Phi) is 6.65. The van der Waals surface area contributed by atoms with Crippen LogP contribution < -0.4 is 11.1 Å². The minimum Gasteiger partial charge on any atom is -0.389 e. The van der Waals surface area contributed by atoms with Gasteiger partial charge in [0.2, 0.25) is 0 Å². The zero-order valence-corrected chi connectivity index (χ0v) is 13.4. The smallest absolute Gasteiger partial charge is 0.104 e. The van der Waals surface area contributed by atoms with E-state index in [0.29, 0.717) is 11.0 Å². The van der Waals surface area contributed by atoms with E-state index in [1.54, 1.807) is 0 Å². The molecule has 18 heavy (non-hydrogen) atoms. The van der Waals surface area contributed by atoms with E-state index in [4.69, 9.17) is 18.0 Å². The largest absolute Gasteiger partial charge is 0.389 e. The summed E-state index contributed by atoms with van der Waals surface area (Å²) in [6.45, 7) is 4.44. The van der Waals surface area contributed by atoms with Crippen molar-refractivity contribution in [3.8, 4) is 0 Å². The van der Waals surface area contributed by atoms with Crippen LogP contribution in [0.2, 0.25) is 0 Å². The van der Waals surface area contributed by atoms with Crippen molar-refractivity contribution in [2.45, 2.75) is 45.6 Å². The van der Waals surface area contributed by atoms with Crippen LogP contribution in [0, 0.1) is 0 Å². The highest BCUT2D eigenvalue weighted by atomic mass is 79.9. The summed E-state index contributed by atoms with van der Waals surface area (Å²) in [5.74, 6) is 0. The number of hydrogen-bond acceptors (Lipinski definition) is 2. The Morgan fingerprint density at radius 2 is 2.17 bits per heavy atom. The second-order valence-electron chi connectivity index (χ2n) is 4.60. The Bertz CT molecular complexity index is 407. The van der Waals surface area contributed by atoms with Crippen LogP contribution in [0.4, 0.5) is 5.69 Å². The number of hydrogen-bond donors (Lipinski definition) is 2. The van der Waals surface area contributed by atoms with Gasteiger partial charge in [-0.3, -0.25) is 0 Å². The maximum absolute atomic E-state index is 5.61. The fourth-order valence-corrected chi connectivity index (χ4v) is 2.44. The second kappa shape index (κ2) is 7.74. The fourth-order valence-electron chi connectivity index (χ4n) is 1.82. The quantitative estimate of drug-likeness (QED) is 0.573. The van der Waals surface area contributed by atoms with Crippen molar-refractivity contribution < 1.29 is 0 Å². The Hall–Kier alpha value is -0.610. The van der Waals surface area contributed by atoms with Crippen molar-refractivity contribution in [3.05, 3.63) is 28.2 Å². The van der Waals surface area contributed by atoms with E-state index >= 15 is 0 Å². The molecule has 3 N–H and O–H groups in total. The molecular weight excluding hydrogens is 308 g/mol. The van der Waals surface area contributed by atoms with Crippen LogP contribution in [0.15, 0.2) is 22.7 Å². The van der Waals surface area contributed by atoms with Gasteiger partial charge in [0.25, 0.3) is 0 Å². The van der Waals surface area contributed by atoms with Gasteiger partial charge in [-0.2, -0.15) is 0 Å². The highest BCUT2D eigenvalue weighted by Gasteiger charge is 2.06. The number of nitrogens with two attached hydrogens (primary N) is 1. The monoisotopic (exact) mass is 328 g/mol. The Morgan fingerprint density at radius 3 is 2.72 bits per heavy atom. The first-order valence-electron chi connectivity index (χ1n) is 6.40. The third-order valence-corrected chi connectivity index (χ3v) is 3.79. The van der Waals surface area contributed by atoms with Crippen molar-refractivity contribution in [2.75, 3.05) is 5.32 Å². The van der Waals surface area contributed by atoms with Gasteiger partial charge >= 0.3 is 0 Å². The molecule has 0 aromatic heterocycles. The molecule has 0 spiro atoms. The Balaban J connectivity index is 2.59. The van der Waals surface area contributed by atoms with Crippen LogP contribution >= 0.6 is 28.1 Å². The predicted molar refractivity (Wildman–Crippen MR) is 87.3 cm³/mol. The third kappa shape index (κ3) is 4.94. The van der Waals surface area contributed by atoms with Crippen LogP contribution in [-0.4, -0.2) is 11.0 Å². The van der Waals surface area contributed by atoms with Gasteiger partial charge in [0.1, 0.15) is 4.99 Å². The molecule has 1 unspecified atom stereocenters. The fraction of sp³-hybridized carbons (Fsp3) is 0.500. The van der Waals surface area contributed by atoms with Crippen LogP contribution in [0.1, 0.15) is 45.1 Å². The van der Waals surface area contributed by atoms with Crippen LogP contribution in [0.3, 0.4) is 0 Å². The molecule has 0 aliphatic heterocycles. The molecule has 0 aliphatic rings. The summed E-state index contributed by atoms with van der Waals surface area (Å²) in [5, 5.41) is 3.50. The van der Waals surface area contributed by atoms with Crippen LogP contribution in [0.25, 0.3) is 0 Å². The SMILES string of the molecule is CCCCCC(C)Nc1ccc(C(N)=S)cc1Br. The zero-order chi connectivity index (χ0) is 13.5. The van der Waals surface area contributed by atoms with E-state index < -0.39 is 0 Å². The normalized spacial score (nSPS) is 12.2. The molecule has 0 saturated carbocycles. The summed E-state index contributed by atoms with van der Waals surface area (Å²) in [7, 11) is 0. The van der Waals surface area contributed by atoms with Crippen molar-refractivity contribution >= 4 is 38.8 Å².